The highest BCUT2D eigenvalue weighted by Gasteiger charge is 2.49. The lowest BCUT2D eigenvalue weighted by molar-refractivity contribution is -0.148. The van der Waals surface area contributed by atoms with E-state index in [1.165, 1.54) is 20.2 Å². The highest BCUT2D eigenvalue weighted by Crippen LogP contribution is 2.42. The molecule has 0 spiro atoms. The minimum atomic E-state index is -1.51. The quantitative estimate of drug-likeness (QED) is 0.495. The van der Waals surface area contributed by atoms with Gasteiger partial charge in [-0.25, -0.2) is 9.59 Å². The first kappa shape index (κ1) is 20.6. The van der Waals surface area contributed by atoms with E-state index >= 15 is 0 Å². The highest BCUT2D eigenvalue weighted by molar-refractivity contribution is 6.31. The van der Waals surface area contributed by atoms with Crippen LogP contribution in [0.1, 0.15) is 17.0 Å². The molecule has 1 aliphatic heterocycles. The monoisotopic (exact) mass is 440 g/mol. The Morgan fingerprint density at radius 2 is 1.52 bits per heavy atom. The Kier molecular flexibility index (Phi) is 5.02. The lowest BCUT2D eigenvalue weighted by Gasteiger charge is -2.36. The van der Waals surface area contributed by atoms with Gasteiger partial charge in [0, 0.05) is 25.0 Å². The standard InChI is InChI=1S/C22H17ClN2O6/c1-24-19(27)17(20(28)25(2)22(24)30)15(11-7-3-5-9-13(11)23)16-18(26)12-8-4-6-10-14(12)31-21(16)29/h3-10,15,17,26H,1-2H3. The third-order valence-corrected chi connectivity index (χ3v) is 5.82. The number of hydrogen-bond donors (Lipinski definition) is 1. The fourth-order valence-electron chi connectivity index (χ4n) is 3.87. The second-order valence-electron chi connectivity index (χ2n) is 7.20. The maximum absolute atomic E-state index is 13.1. The number of para-hydroxylation sites is 1. The lowest BCUT2D eigenvalue weighted by Crippen LogP contribution is -2.58. The number of urea groups is 1. The van der Waals surface area contributed by atoms with Crippen molar-refractivity contribution in [2.24, 2.45) is 5.92 Å². The number of benzene rings is 2. The summed E-state index contributed by atoms with van der Waals surface area (Å²) < 4.78 is 5.38. The van der Waals surface area contributed by atoms with Crippen molar-refractivity contribution < 1.29 is 23.9 Å². The highest BCUT2D eigenvalue weighted by atomic mass is 35.5. The summed E-state index contributed by atoms with van der Waals surface area (Å²) in [6, 6.07) is 11.9. The van der Waals surface area contributed by atoms with Crippen LogP contribution in [0.2, 0.25) is 5.02 Å². The van der Waals surface area contributed by atoms with Crippen molar-refractivity contribution in [1.29, 1.82) is 0 Å². The van der Waals surface area contributed by atoms with E-state index in [0.29, 0.717) is 0 Å². The molecule has 4 amide bonds. The van der Waals surface area contributed by atoms with Gasteiger partial charge < -0.3 is 9.52 Å². The van der Waals surface area contributed by atoms with Crippen molar-refractivity contribution in [1.82, 2.24) is 9.80 Å². The van der Waals surface area contributed by atoms with Gasteiger partial charge in [0.2, 0.25) is 11.8 Å². The molecule has 1 atom stereocenters. The van der Waals surface area contributed by atoms with Gasteiger partial charge in [0.15, 0.2) is 0 Å². The van der Waals surface area contributed by atoms with Crippen molar-refractivity contribution in [2.45, 2.75) is 5.92 Å². The van der Waals surface area contributed by atoms with Gasteiger partial charge in [-0.3, -0.25) is 19.4 Å². The Bertz CT molecular complexity index is 1280. The second-order valence-corrected chi connectivity index (χ2v) is 7.61. The molecule has 0 bridgehead atoms. The molecule has 1 saturated heterocycles. The maximum atomic E-state index is 13.1. The molecule has 0 aliphatic carbocycles. The molecular formula is C22H17ClN2O6. The number of amides is 4. The molecule has 1 N–H and O–H groups in total. The van der Waals surface area contributed by atoms with Gasteiger partial charge in [0.05, 0.1) is 10.9 Å². The van der Waals surface area contributed by atoms with Crippen LogP contribution in [0.3, 0.4) is 0 Å². The smallest absolute Gasteiger partial charge is 0.343 e. The van der Waals surface area contributed by atoms with Crippen LogP contribution in [0.4, 0.5) is 4.79 Å². The Balaban J connectivity index is 2.05. The first-order chi connectivity index (χ1) is 14.7. The van der Waals surface area contributed by atoms with Crippen LogP contribution in [0.5, 0.6) is 5.75 Å². The molecule has 0 saturated carbocycles. The number of imide groups is 2. The zero-order valence-corrected chi connectivity index (χ0v) is 17.3. The Morgan fingerprint density at radius 3 is 2.16 bits per heavy atom. The largest absolute Gasteiger partial charge is 0.507 e. The minimum Gasteiger partial charge on any atom is -0.507 e. The number of hydrogen-bond acceptors (Lipinski definition) is 6. The van der Waals surface area contributed by atoms with Gasteiger partial charge in [-0.05, 0) is 23.8 Å². The minimum absolute atomic E-state index is 0.150. The summed E-state index contributed by atoms with van der Waals surface area (Å²) in [5.41, 5.74) is -0.777. The van der Waals surface area contributed by atoms with Gasteiger partial charge >= 0.3 is 11.7 Å². The normalized spacial score (nSPS) is 16.3. The van der Waals surface area contributed by atoms with Crippen LogP contribution in [0.25, 0.3) is 11.0 Å². The summed E-state index contributed by atoms with van der Waals surface area (Å²) in [5, 5.41) is 11.4. The van der Waals surface area contributed by atoms with E-state index in [9.17, 15) is 24.3 Å². The Hall–Kier alpha value is -3.65. The van der Waals surface area contributed by atoms with Gasteiger partial charge in [-0.15, -0.1) is 0 Å². The van der Waals surface area contributed by atoms with E-state index in [2.05, 4.69) is 0 Å². The van der Waals surface area contributed by atoms with Crippen molar-refractivity contribution in [3.05, 3.63) is 75.1 Å². The van der Waals surface area contributed by atoms with Crippen LogP contribution in [-0.2, 0) is 9.59 Å². The Morgan fingerprint density at radius 1 is 0.935 bits per heavy atom. The summed E-state index contributed by atoms with van der Waals surface area (Å²) in [6.45, 7) is 0. The molecule has 9 heteroatoms. The van der Waals surface area contributed by atoms with E-state index in [-0.39, 0.29) is 27.1 Å². The summed E-state index contributed by atoms with van der Waals surface area (Å²) in [4.78, 5) is 53.0. The number of fused-ring (bicyclic) bond motifs is 1. The van der Waals surface area contributed by atoms with Crippen molar-refractivity contribution >= 4 is 40.4 Å². The molecular weight excluding hydrogens is 424 g/mol. The summed E-state index contributed by atoms with van der Waals surface area (Å²) in [5.74, 6) is -4.84. The van der Waals surface area contributed by atoms with E-state index in [1.807, 2.05) is 0 Å². The summed E-state index contributed by atoms with van der Waals surface area (Å²) >= 11 is 6.38. The van der Waals surface area contributed by atoms with E-state index < -0.39 is 41.1 Å². The molecule has 2 heterocycles. The zero-order chi connectivity index (χ0) is 22.4. The predicted molar refractivity (Wildman–Crippen MR) is 112 cm³/mol. The summed E-state index contributed by atoms with van der Waals surface area (Å²) in [7, 11) is 2.49. The van der Waals surface area contributed by atoms with Crippen molar-refractivity contribution in [3.63, 3.8) is 0 Å². The van der Waals surface area contributed by atoms with Crippen LogP contribution in [-0.4, -0.2) is 46.8 Å². The van der Waals surface area contributed by atoms with Crippen molar-refractivity contribution in [3.8, 4) is 5.75 Å². The molecule has 8 nitrogen and oxygen atoms in total. The number of carbonyl (C=O) groups is 3. The molecule has 1 unspecified atom stereocenters. The van der Waals surface area contributed by atoms with Crippen LogP contribution in [0.15, 0.2) is 57.7 Å². The fourth-order valence-corrected chi connectivity index (χ4v) is 4.13. The molecule has 2 aromatic carbocycles. The fraction of sp³-hybridized carbons (Fsp3) is 0.182. The topological polar surface area (TPSA) is 108 Å². The second kappa shape index (κ2) is 7.55. The van der Waals surface area contributed by atoms with Gasteiger partial charge in [-0.2, -0.15) is 0 Å². The number of barbiturate groups is 1. The third kappa shape index (κ3) is 3.16. The first-order valence-corrected chi connectivity index (χ1v) is 9.70. The first-order valence-electron chi connectivity index (χ1n) is 9.32. The zero-order valence-electron chi connectivity index (χ0n) is 16.5. The molecule has 3 aromatic rings. The van der Waals surface area contributed by atoms with Gasteiger partial charge in [0.1, 0.15) is 17.3 Å². The molecule has 1 aliphatic rings. The number of carbonyl (C=O) groups excluding carboxylic acids is 3. The van der Waals surface area contributed by atoms with Crippen molar-refractivity contribution in [2.75, 3.05) is 14.1 Å². The van der Waals surface area contributed by atoms with E-state index in [4.69, 9.17) is 16.0 Å². The predicted octanol–water partition coefficient (Wildman–Crippen LogP) is 2.95. The lowest BCUT2D eigenvalue weighted by atomic mass is 9.78. The molecule has 1 aromatic heterocycles. The SMILES string of the molecule is CN1C(=O)C(C(c2ccccc2Cl)c2c(O)c3ccccc3oc2=O)C(=O)N(C)C1=O. The van der Waals surface area contributed by atoms with Gasteiger partial charge in [0.25, 0.3) is 0 Å². The average molecular weight is 441 g/mol. The number of aromatic hydroxyl groups is 1. The van der Waals surface area contributed by atoms with Crippen LogP contribution >= 0.6 is 11.6 Å². The van der Waals surface area contributed by atoms with E-state index in [1.54, 1.807) is 42.5 Å². The maximum Gasteiger partial charge on any atom is 0.343 e. The number of rotatable bonds is 3. The summed E-state index contributed by atoms with van der Waals surface area (Å²) in [6.07, 6.45) is 0. The molecule has 31 heavy (non-hydrogen) atoms. The molecule has 4 rings (SSSR count). The molecule has 1 fully saturated rings. The third-order valence-electron chi connectivity index (χ3n) is 5.47. The molecule has 0 radical (unpaired) electrons. The number of halogens is 1. The van der Waals surface area contributed by atoms with Crippen LogP contribution in [0, 0.1) is 5.92 Å². The average Bonchev–Trinajstić information content (AvgIpc) is 2.76. The Labute approximate surface area is 181 Å². The number of nitrogens with zero attached hydrogens (tertiary/aromatic N) is 2. The van der Waals surface area contributed by atoms with Gasteiger partial charge in [-0.1, -0.05) is 41.9 Å². The van der Waals surface area contributed by atoms with E-state index in [0.717, 1.165) is 9.80 Å². The molecule has 158 valence electrons. The van der Waals surface area contributed by atoms with Crippen LogP contribution < -0.4 is 5.63 Å².